The van der Waals surface area contributed by atoms with Gasteiger partial charge in [-0.3, -0.25) is 4.99 Å². The number of aliphatic imine (C=N–C) groups is 1. The molecule has 0 aliphatic carbocycles. The number of guanidine groups is 1. The van der Waals surface area contributed by atoms with E-state index in [1.54, 1.807) is 7.11 Å². The van der Waals surface area contributed by atoms with Gasteiger partial charge in [-0.05, 0) is 36.6 Å². The first-order valence-corrected chi connectivity index (χ1v) is 8.69. The molecule has 22 heavy (non-hydrogen) atoms. The summed E-state index contributed by atoms with van der Waals surface area (Å²) < 4.78 is 6.34. The standard InChI is InChI=1S/C16H23BrClN3O/c1-19-16(21-8-6-12(10-21)11-22-2)20-7-5-13-9-14(18)3-4-15(13)17/h3-4,9,12H,5-8,10-11H2,1-2H3,(H,19,20). The molecule has 1 fully saturated rings. The summed E-state index contributed by atoms with van der Waals surface area (Å²) in [5.41, 5.74) is 1.20. The number of rotatable bonds is 5. The molecule has 1 aromatic rings. The minimum absolute atomic E-state index is 0.602. The lowest BCUT2D eigenvalue weighted by atomic mass is 10.1. The van der Waals surface area contributed by atoms with E-state index in [-0.39, 0.29) is 0 Å². The number of benzene rings is 1. The molecule has 0 saturated carbocycles. The van der Waals surface area contributed by atoms with Crippen molar-refractivity contribution in [2.24, 2.45) is 10.9 Å². The molecule has 1 heterocycles. The summed E-state index contributed by atoms with van der Waals surface area (Å²) in [6.45, 7) is 3.70. The van der Waals surface area contributed by atoms with Crippen molar-refractivity contribution < 1.29 is 4.74 Å². The maximum absolute atomic E-state index is 6.05. The number of ether oxygens (including phenoxy) is 1. The minimum atomic E-state index is 0.602. The van der Waals surface area contributed by atoms with E-state index in [1.807, 2.05) is 25.2 Å². The van der Waals surface area contributed by atoms with Gasteiger partial charge in [-0.2, -0.15) is 0 Å². The fourth-order valence-electron chi connectivity index (χ4n) is 2.77. The minimum Gasteiger partial charge on any atom is -0.384 e. The average Bonchev–Trinajstić information content (AvgIpc) is 2.96. The maximum Gasteiger partial charge on any atom is 0.193 e. The quantitative estimate of drug-likeness (QED) is 0.622. The first-order chi connectivity index (χ1) is 10.6. The maximum atomic E-state index is 6.05. The van der Waals surface area contributed by atoms with Crippen molar-refractivity contribution in [2.75, 3.05) is 40.4 Å². The van der Waals surface area contributed by atoms with Crippen LogP contribution in [0.4, 0.5) is 0 Å². The molecule has 0 bridgehead atoms. The van der Waals surface area contributed by atoms with E-state index in [1.165, 1.54) is 5.56 Å². The normalized spacial score (nSPS) is 18.8. The Morgan fingerprint density at radius 2 is 2.36 bits per heavy atom. The summed E-state index contributed by atoms with van der Waals surface area (Å²) in [7, 11) is 3.60. The molecule has 6 heteroatoms. The van der Waals surface area contributed by atoms with Gasteiger partial charge in [-0.1, -0.05) is 27.5 Å². The Balaban J connectivity index is 1.83. The van der Waals surface area contributed by atoms with Crippen LogP contribution < -0.4 is 5.32 Å². The Morgan fingerprint density at radius 3 is 3.09 bits per heavy atom. The van der Waals surface area contributed by atoms with Crippen molar-refractivity contribution in [3.8, 4) is 0 Å². The van der Waals surface area contributed by atoms with Crippen LogP contribution in [0.15, 0.2) is 27.7 Å². The van der Waals surface area contributed by atoms with Crippen molar-refractivity contribution in [2.45, 2.75) is 12.8 Å². The highest BCUT2D eigenvalue weighted by molar-refractivity contribution is 9.10. The Morgan fingerprint density at radius 1 is 1.55 bits per heavy atom. The predicted molar refractivity (Wildman–Crippen MR) is 95.8 cm³/mol. The van der Waals surface area contributed by atoms with E-state index < -0.39 is 0 Å². The SMILES string of the molecule is CN=C(NCCc1cc(Cl)ccc1Br)N1CCC(COC)C1. The highest BCUT2D eigenvalue weighted by Gasteiger charge is 2.24. The molecule has 0 radical (unpaired) electrons. The molecule has 0 spiro atoms. The van der Waals surface area contributed by atoms with Crippen molar-refractivity contribution >= 4 is 33.5 Å². The van der Waals surface area contributed by atoms with Crippen LogP contribution in [-0.4, -0.2) is 51.3 Å². The summed E-state index contributed by atoms with van der Waals surface area (Å²) in [4.78, 5) is 6.69. The average molecular weight is 389 g/mol. The highest BCUT2D eigenvalue weighted by atomic mass is 79.9. The molecule has 2 rings (SSSR count). The van der Waals surface area contributed by atoms with E-state index >= 15 is 0 Å². The fraction of sp³-hybridized carbons (Fsp3) is 0.562. The summed E-state index contributed by atoms with van der Waals surface area (Å²) >= 11 is 9.62. The molecule has 1 aromatic carbocycles. The zero-order chi connectivity index (χ0) is 15.9. The van der Waals surface area contributed by atoms with Crippen LogP contribution in [0, 0.1) is 5.92 Å². The molecule has 1 aliphatic heterocycles. The number of halogens is 2. The van der Waals surface area contributed by atoms with Gasteiger partial charge >= 0.3 is 0 Å². The smallest absolute Gasteiger partial charge is 0.193 e. The topological polar surface area (TPSA) is 36.9 Å². The second kappa shape index (κ2) is 8.75. The van der Waals surface area contributed by atoms with Crippen LogP contribution in [-0.2, 0) is 11.2 Å². The summed E-state index contributed by atoms with van der Waals surface area (Å²) in [6.07, 6.45) is 2.06. The summed E-state index contributed by atoms with van der Waals surface area (Å²) in [5.74, 6) is 1.57. The lowest BCUT2D eigenvalue weighted by molar-refractivity contribution is 0.157. The van der Waals surface area contributed by atoms with Crippen LogP contribution in [0.5, 0.6) is 0 Å². The van der Waals surface area contributed by atoms with Crippen molar-refractivity contribution in [3.63, 3.8) is 0 Å². The van der Waals surface area contributed by atoms with Gasteiger partial charge in [0.15, 0.2) is 5.96 Å². The zero-order valence-electron chi connectivity index (χ0n) is 13.1. The Bertz CT molecular complexity index is 524. The lowest BCUT2D eigenvalue weighted by Gasteiger charge is -2.21. The number of hydrogen-bond donors (Lipinski definition) is 1. The number of nitrogens with zero attached hydrogens (tertiary/aromatic N) is 2. The first-order valence-electron chi connectivity index (χ1n) is 7.52. The van der Waals surface area contributed by atoms with Crippen molar-refractivity contribution in [1.29, 1.82) is 0 Å². The van der Waals surface area contributed by atoms with E-state index in [4.69, 9.17) is 16.3 Å². The second-order valence-corrected chi connectivity index (χ2v) is 6.81. The second-order valence-electron chi connectivity index (χ2n) is 5.52. The molecular weight excluding hydrogens is 366 g/mol. The molecule has 0 aromatic heterocycles. The van der Waals surface area contributed by atoms with Crippen LogP contribution >= 0.6 is 27.5 Å². The fourth-order valence-corrected chi connectivity index (χ4v) is 3.41. The molecule has 1 unspecified atom stereocenters. The molecule has 1 N–H and O–H groups in total. The summed E-state index contributed by atoms with van der Waals surface area (Å²) in [5, 5.41) is 4.21. The van der Waals surface area contributed by atoms with E-state index in [9.17, 15) is 0 Å². The van der Waals surface area contributed by atoms with E-state index in [2.05, 4.69) is 31.1 Å². The Hall–Kier alpha value is -0.780. The van der Waals surface area contributed by atoms with Gasteiger partial charge in [0.1, 0.15) is 0 Å². The largest absolute Gasteiger partial charge is 0.384 e. The molecule has 4 nitrogen and oxygen atoms in total. The van der Waals surface area contributed by atoms with Gasteiger partial charge < -0.3 is 15.0 Å². The third kappa shape index (κ3) is 4.86. The molecule has 122 valence electrons. The van der Waals surface area contributed by atoms with Crippen LogP contribution in [0.2, 0.25) is 5.02 Å². The Kier molecular flexibility index (Phi) is 6.99. The van der Waals surface area contributed by atoms with Gasteiger partial charge in [0, 0.05) is 49.2 Å². The number of hydrogen-bond acceptors (Lipinski definition) is 2. The monoisotopic (exact) mass is 387 g/mol. The first kappa shape index (κ1) is 17.6. The van der Waals surface area contributed by atoms with Gasteiger partial charge in [0.2, 0.25) is 0 Å². The van der Waals surface area contributed by atoms with Crippen molar-refractivity contribution in [3.05, 3.63) is 33.3 Å². The molecule has 1 aliphatic rings. The van der Waals surface area contributed by atoms with Crippen molar-refractivity contribution in [1.82, 2.24) is 10.2 Å². The molecular formula is C16H23BrClN3O. The number of nitrogens with one attached hydrogen (secondary N) is 1. The zero-order valence-corrected chi connectivity index (χ0v) is 15.5. The molecule has 0 amide bonds. The Labute approximate surface area is 146 Å². The molecule has 1 saturated heterocycles. The van der Waals surface area contributed by atoms with Gasteiger partial charge in [-0.15, -0.1) is 0 Å². The lowest BCUT2D eigenvalue weighted by Crippen LogP contribution is -2.41. The van der Waals surface area contributed by atoms with Crippen LogP contribution in [0.25, 0.3) is 0 Å². The van der Waals surface area contributed by atoms with Gasteiger partial charge in [0.25, 0.3) is 0 Å². The van der Waals surface area contributed by atoms with E-state index in [0.29, 0.717) is 5.92 Å². The van der Waals surface area contributed by atoms with Crippen LogP contribution in [0.1, 0.15) is 12.0 Å². The third-order valence-electron chi connectivity index (χ3n) is 3.88. The van der Waals surface area contributed by atoms with Gasteiger partial charge in [-0.25, -0.2) is 0 Å². The highest BCUT2D eigenvalue weighted by Crippen LogP contribution is 2.21. The number of methoxy groups -OCH3 is 1. The van der Waals surface area contributed by atoms with Gasteiger partial charge in [0.05, 0.1) is 6.61 Å². The number of likely N-dealkylation sites (tertiary alicyclic amines) is 1. The summed E-state index contributed by atoms with van der Waals surface area (Å²) in [6, 6.07) is 5.88. The molecule has 1 atom stereocenters. The predicted octanol–water partition coefficient (Wildman–Crippen LogP) is 3.19. The van der Waals surface area contributed by atoms with E-state index in [0.717, 1.165) is 54.5 Å². The third-order valence-corrected chi connectivity index (χ3v) is 4.89. The van der Waals surface area contributed by atoms with Crippen LogP contribution in [0.3, 0.4) is 0 Å².